The molecule has 0 saturated carbocycles. The Kier molecular flexibility index (Phi) is 5.83. The Balaban J connectivity index is 1.96. The van der Waals surface area contributed by atoms with Gasteiger partial charge in [-0.05, 0) is 30.7 Å². The van der Waals surface area contributed by atoms with Crippen LogP contribution in [0.25, 0.3) is 0 Å². The van der Waals surface area contributed by atoms with E-state index in [0.29, 0.717) is 18.1 Å². The molecule has 0 saturated heterocycles. The van der Waals surface area contributed by atoms with Gasteiger partial charge in [-0.3, -0.25) is 4.79 Å². The molecule has 116 valence electrons. The number of carbonyl (C=O) groups excluding carboxylic acids is 1. The van der Waals surface area contributed by atoms with Gasteiger partial charge in [-0.1, -0.05) is 37.3 Å². The zero-order valence-corrected chi connectivity index (χ0v) is 13.0. The van der Waals surface area contributed by atoms with Gasteiger partial charge in [-0.15, -0.1) is 0 Å². The van der Waals surface area contributed by atoms with E-state index in [4.69, 9.17) is 9.47 Å². The lowest BCUT2D eigenvalue weighted by Crippen LogP contribution is -2.31. The van der Waals surface area contributed by atoms with Crippen molar-refractivity contribution in [1.29, 1.82) is 0 Å². The molecule has 0 bridgehead atoms. The molecule has 0 heterocycles. The third-order valence-electron chi connectivity index (χ3n) is 3.18. The summed E-state index contributed by atoms with van der Waals surface area (Å²) in [6, 6.07) is 16.9. The van der Waals surface area contributed by atoms with Crippen molar-refractivity contribution in [1.82, 2.24) is 0 Å². The summed E-state index contributed by atoms with van der Waals surface area (Å²) in [5.74, 6) is 1.14. The Morgan fingerprint density at radius 2 is 1.55 bits per heavy atom. The van der Waals surface area contributed by atoms with Crippen molar-refractivity contribution in [3.05, 3.63) is 54.6 Å². The molecule has 0 atom stereocenters. The number of rotatable bonds is 7. The fourth-order valence-corrected chi connectivity index (χ4v) is 1.93. The van der Waals surface area contributed by atoms with Crippen molar-refractivity contribution in [2.75, 3.05) is 25.2 Å². The van der Waals surface area contributed by atoms with E-state index in [1.54, 1.807) is 18.0 Å². The average Bonchev–Trinajstić information content (AvgIpc) is 2.58. The van der Waals surface area contributed by atoms with Gasteiger partial charge in [0.25, 0.3) is 5.91 Å². The predicted molar refractivity (Wildman–Crippen MR) is 87.6 cm³/mol. The average molecular weight is 299 g/mol. The minimum atomic E-state index is -0.114. The second-order valence-electron chi connectivity index (χ2n) is 4.87. The van der Waals surface area contributed by atoms with Crippen LogP contribution in [-0.4, -0.2) is 26.2 Å². The van der Waals surface area contributed by atoms with Gasteiger partial charge in [0.15, 0.2) is 18.1 Å². The van der Waals surface area contributed by atoms with Crippen LogP contribution in [0.1, 0.15) is 13.3 Å². The molecule has 22 heavy (non-hydrogen) atoms. The number of para-hydroxylation sites is 3. The predicted octanol–water partition coefficient (Wildman–Crippen LogP) is 3.52. The lowest BCUT2D eigenvalue weighted by atomic mass is 10.3. The molecule has 0 radical (unpaired) electrons. The van der Waals surface area contributed by atoms with Crippen molar-refractivity contribution in [2.24, 2.45) is 0 Å². The molecular weight excluding hydrogens is 278 g/mol. The maximum atomic E-state index is 12.2. The highest BCUT2D eigenvalue weighted by Gasteiger charge is 2.12. The monoisotopic (exact) mass is 299 g/mol. The zero-order valence-electron chi connectivity index (χ0n) is 13.0. The topological polar surface area (TPSA) is 38.8 Å². The number of hydrogen-bond acceptors (Lipinski definition) is 3. The molecule has 2 aromatic rings. The van der Waals surface area contributed by atoms with Crippen LogP contribution in [0.5, 0.6) is 11.5 Å². The van der Waals surface area contributed by atoms with Crippen molar-refractivity contribution < 1.29 is 14.3 Å². The molecule has 0 spiro atoms. The number of anilines is 1. The Labute approximate surface area is 131 Å². The highest BCUT2D eigenvalue weighted by atomic mass is 16.5. The smallest absolute Gasteiger partial charge is 0.264 e. The lowest BCUT2D eigenvalue weighted by Gasteiger charge is -2.18. The van der Waals surface area contributed by atoms with Gasteiger partial charge in [0.2, 0.25) is 0 Å². The normalized spacial score (nSPS) is 10.1. The van der Waals surface area contributed by atoms with E-state index >= 15 is 0 Å². The fraction of sp³-hybridized carbons (Fsp3) is 0.278. The van der Waals surface area contributed by atoms with Gasteiger partial charge in [0.1, 0.15) is 0 Å². The van der Waals surface area contributed by atoms with Crippen LogP contribution in [0.2, 0.25) is 0 Å². The zero-order chi connectivity index (χ0) is 15.8. The number of likely N-dealkylation sites (N-methyl/N-ethyl adjacent to an activating group) is 1. The molecule has 0 aromatic heterocycles. The summed E-state index contributed by atoms with van der Waals surface area (Å²) in [5, 5.41) is 0. The molecule has 2 aromatic carbocycles. The standard InChI is InChI=1S/C18H21NO3/c1-3-13-21-16-11-7-8-12-17(16)22-14-18(20)19(2)15-9-5-4-6-10-15/h4-12H,3,13-14H2,1-2H3. The molecule has 0 aliphatic heterocycles. The van der Waals surface area contributed by atoms with E-state index in [2.05, 4.69) is 0 Å². The molecule has 4 nitrogen and oxygen atoms in total. The first-order chi connectivity index (χ1) is 10.7. The lowest BCUT2D eigenvalue weighted by molar-refractivity contribution is -0.120. The van der Waals surface area contributed by atoms with Gasteiger partial charge in [0.05, 0.1) is 6.61 Å². The van der Waals surface area contributed by atoms with Gasteiger partial charge in [0, 0.05) is 12.7 Å². The molecule has 0 aliphatic carbocycles. The van der Waals surface area contributed by atoms with Gasteiger partial charge < -0.3 is 14.4 Å². The Hall–Kier alpha value is -2.49. The fourth-order valence-electron chi connectivity index (χ4n) is 1.93. The third-order valence-corrected chi connectivity index (χ3v) is 3.18. The molecule has 0 N–H and O–H groups in total. The molecular formula is C18H21NO3. The van der Waals surface area contributed by atoms with E-state index in [1.165, 1.54) is 0 Å². The Morgan fingerprint density at radius 3 is 2.18 bits per heavy atom. The van der Waals surface area contributed by atoms with E-state index in [0.717, 1.165) is 12.1 Å². The first-order valence-corrected chi connectivity index (χ1v) is 7.38. The Bertz CT molecular complexity index is 598. The summed E-state index contributed by atoms with van der Waals surface area (Å²) in [4.78, 5) is 13.8. The van der Waals surface area contributed by atoms with Gasteiger partial charge in [-0.2, -0.15) is 0 Å². The van der Waals surface area contributed by atoms with Crippen LogP contribution in [0.3, 0.4) is 0 Å². The van der Waals surface area contributed by atoms with E-state index < -0.39 is 0 Å². The van der Waals surface area contributed by atoms with Gasteiger partial charge >= 0.3 is 0 Å². The van der Waals surface area contributed by atoms with Crippen molar-refractivity contribution in [3.8, 4) is 11.5 Å². The summed E-state index contributed by atoms with van der Waals surface area (Å²) in [6.07, 6.45) is 0.921. The van der Waals surface area contributed by atoms with Crippen LogP contribution in [0.15, 0.2) is 54.6 Å². The SMILES string of the molecule is CCCOc1ccccc1OCC(=O)N(C)c1ccccc1. The van der Waals surface area contributed by atoms with Crippen LogP contribution < -0.4 is 14.4 Å². The number of hydrogen-bond donors (Lipinski definition) is 0. The van der Waals surface area contributed by atoms with E-state index in [9.17, 15) is 4.79 Å². The number of carbonyl (C=O) groups is 1. The van der Waals surface area contributed by atoms with Crippen LogP contribution >= 0.6 is 0 Å². The number of nitrogens with zero attached hydrogens (tertiary/aromatic N) is 1. The maximum Gasteiger partial charge on any atom is 0.264 e. The number of ether oxygens (including phenoxy) is 2. The van der Waals surface area contributed by atoms with E-state index in [1.807, 2.05) is 55.5 Å². The van der Waals surface area contributed by atoms with Crippen LogP contribution in [0.4, 0.5) is 5.69 Å². The second kappa shape index (κ2) is 8.08. The van der Waals surface area contributed by atoms with Gasteiger partial charge in [-0.25, -0.2) is 0 Å². The minimum Gasteiger partial charge on any atom is -0.490 e. The second-order valence-corrected chi connectivity index (χ2v) is 4.87. The third kappa shape index (κ3) is 4.25. The first kappa shape index (κ1) is 15.9. The quantitative estimate of drug-likeness (QED) is 0.785. The van der Waals surface area contributed by atoms with Crippen molar-refractivity contribution in [3.63, 3.8) is 0 Å². The highest BCUT2D eigenvalue weighted by Crippen LogP contribution is 2.26. The number of amides is 1. The number of benzene rings is 2. The maximum absolute atomic E-state index is 12.2. The van der Waals surface area contributed by atoms with E-state index in [-0.39, 0.29) is 12.5 Å². The summed E-state index contributed by atoms with van der Waals surface area (Å²) in [6.45, 7) is 2.64. The molecule has 0 aliphatic rings. The molecule has 2 rings (SSSR count). The van der Waals surface area contributed by atoms with Crippen molar-refractivity contribution >= 4 is 11.6 Å². The Morgan fingerprint density at radius 1 is 0.955 bits per heavy atom. The largest absolute Gasteiger partial charge is 0.490 e. The first-order valence-electron chi connectivity index (χ1n) is 7.38. The van der Waals surface area contributed by atoms with Crippen LogP contribution in [0, 0.1) is 0 Å². The molecule has 4 heteroatoms. The molecule has 0 unspecified atom stereocenters. The van der Waals surface area contributed by atoms with Crippen molar-refractivity contribution in [2.45, 2.75) is 13.3 Å². The minimum absolute atomic E-state index is 0.0299. The molecule has 0 fully saturated rings. The summed E-state index contributed by atoms with van der Waals surface area (Å²) in [5.41, 5.74) is 0.839. The summed E-state index contributed by atoms with van der Waals surface area (Å²) < 4.78 is 11.2. The highest BCUT2D eigenvalue weighted by molar-refractivity contribution is 5.93. The van der Waals surface area contributed by atoms with Crippen LogP contribution in [-0.2, 0) is 4.79 Å². The summed E-state index contributed by atoms with van der Waals surface area (Å²) in [7, 11) is 1.74. The molecule has 1 amide bonds. The summed E-state index contributed by atoms with van der Waals surface area (Å²) >= 11 is 0.